The Bertz CT molecular complexity index is 470. The highest BCUT2D eigenvalue weighted by molar-refractivity contribution is 5.85. The second-order valence-electron chi connectivity index (χ2n) is 3.60. The third-order valence-electron chi connectivity index (χ3n) is 2.82. The highest BCUT2D eigenvalue weighted by atomic mass is 19.1. The molecule has 0 aliphatic heterocycles. The van der Waals surface area contributed by atoms with Crippen LogP contribution in [0.1, 0.15) is 17.7 Å². The summed E-state index contributed by atoms with van der Waals surface area (Å²) in [5.41, 5.74) is 3.39. The van der Waals surface area contributed by atoms with E-state index in [1.807, 2.05) is 6.07 Å². The predicted octanol–water partition coefficient (Wildman–Crippen LogP) is 2.80. The number of fused-ring (bicyclic) bond motifs is 3. The molecule has 2 heteroatoms. The van der Waals surface area contributed by atoms with Crippen molar-refractivity contribution >= 4 is 10.9 Å². The van der Waals surface area contributed by atoms with Gasteiger partial charge in [-0.3, -0.25) is 0 Å². The Morgan fingerprint density at radius 1 is 1.23 bits per heavy atom. The average molecular weight is 175 g/mol. The molecule has 0 spiro atoms. The van der Waals surface area contributed by atoms with Crippen molar-refractivity contribution in [3.8, 4) is 0 Å². The first kappa shape index (κ1) is 7.13. The lowest BCUT2D eigenvalue weighted by molar-refractivity contribution is 0.639. The van der Waals surface area contributed by atoms with Gasteiger partial charge in [0.2, 0.25) is 0 Å². The lowest BCUT2D eigenvalue weighted by Crippen LogP contribution is -1.80. The number of rotatable bonds is 0. The smallest absolute Gasteiger partial charge is 0.132 e. The average Bonchev–Trinajstić information content (AvgIpc) is 2.62. The monoisotopic (exact) mass is 175 g/mol. The van der Waals surface area contributed by atoms with Crippen LogP contribution in [-0.4, -0.2) is 4.98 Å². The molecule has 1 N–H and O–H groups in total. The third-order valence-corrected chi connectivity index (χ3v) is 2.82. The summed E-state index contributed by atoms with van der Waals surface area (Å²) in [5, 5.41) is 0.815. The number of halogens is 1. The molecule has 0 unspecified atom stereocenters. The first-order valence-corrected chi connectivity index (χ1v) is 4.64. The number of hydrogen-bond donors (Lipinski definition) is 1. The molecule has 0 amide bonds. The molecule has 13 heavy (non-hydrogen) atoms. The van der Waals surface area contributed by atoms with Gasteiger partial charge in [0, 0.05) is 16.6 Å². The van der Waals surface area contributed by atoms with Gasteiger partial charge in [0.05, 0.1) is 0 Å². The first-order valence-electron chi connectivity index (χ1n) is 4.64. The Kier molecular flexibility index (Phi) is 1.29. The molecule has 1 aromatic heterocycles. The normalized spacial score (nSPS) is 15.2. The van der Waals surface area contributed by atoms with Gasteiger partial charge in [-0.05, 0) is 37.0 Å². The van der Waals surface area contributed by atoms with Crippen LogP contribution in [0.3, 0.4) is 0 Å². The van der Waals surface area contributed by atoms with Crippen LogP contribution in [0.25, 0.3) is 10.9 Å². The minimum Gasteiger partial charge on any atom is -0.358 e. The van der Waals surface area contributed by atoms with Gasteiger partial charge < -0.3 is 4.98 Å². The van der Waals surface area contributed by atoms with Crippen LogP contribution >= 0.6 is 0 Å². The standard InChI is InChI=1S/C11H10FN/c12-8-4-2-6-10-11(8)7-3-1-5-9(7)13-10/h2,4,6,13H,1,3,5H2. The Labute approximate surface area is 75.6 Å². The number of nitrogens with one attached hydrogen (secondary N) is 1. The Morgan fingerprint density at radius 2 is 2.15 bits per heavy atom. The molecule has 1 aliphatic rings. The lowest BCUT2D eigenvalue weighted by atomic mass is 10.1. The second kappa shape index (κ2) is 2.34. The summed E-state index contributed by atoms with van der Waals surface area (Å²) < 4.78 is 13.5. The molecule has 0 radical (unpaired) electrons. The zero-order valence-corrected chi connectivity index (χ0v) is 7.23. The minimum absolute atomic E-state index is 0.0862. The van der Waals surface area contributed by atoms with Gasteiger partial charge >= 0.3 is 0 Å². The van der Waals surface area contributed by atoms with Gasteiger partial charge in [-0.15, -0.1) is 0 Å². The molecule has 1 heterocycles. The van der Waals surface area contributed by atoms with Gasteiger partial charge in [0.25, 0.3) is 0 Å². The number of aromatic amines is 1. The fourth-order valence-corrected chi connectivity index (χ4v) is 2.26. The largest absolute Gasteiger partial charge is 0.358 e. The topological polar surface area (TPSA) is 15.8 Å². The van der Waals surface area contributed by atoms with Gasteiger partial charge in [-0.25, -0.2) is 4.39 Å². The maximum Gasteiger partial charge on any atom is 0.132 e. The molecule has 0 saturated heterocycles. The number of aryl methyl sites for hydroxylation is 2. The molecular formula is C11H10FN. The van der Waals surface area contributed by atoms with Gasteiger partial charge in [0.1, 0.15) is 5.82 Å². The van der Waals surface area contributed by atoms with E-state index in [1.54, 1.807) is 6.07 Å². The van der Waals surface area contributed by atoms with Gasteiger partial charge in [0.15, 0.2) is 0 Å². The zero-order chi connectivity index (χ0) is 8.84. The van der Waals surface area contributed by atoms with Crippen LogP contribution in [0.15, 0.2) is 18.2 Å². The summed E-state index contributed by atoms with van der Waals surface area (Å²) in [6.07, 6.45) is 3.26. The van der Waals surface area contributed by atoms with Crippen molar-refractivity contribution in [1.82, 2.24) is 4.98 Å². The quantitative estimate of drug-likeness (QED) is 0.633. The van der Waals surface area contributed by atoms with Crippen molar-refractivity contribution in [2.45, 2.75) is 19.3 Å². The zero-order valence-electron chi connectivity index (χ0n) is 7.23. The van der Waals surface area contributed by atoms with Crippen molar-refractivity contribution in [3.05, 3.63) is 35.3 Å². The second-order valence-corrected chi connectivity index (χ2v) is 3.60. The van der Waals surface area contributed by atoms with E-state index < -0.39 is 0 Å². The highest BCUT2D eigenvalue weighted by Crippen LogP contribution is 2.31. The lowest BCUT2D eigenvalue weighted by Gasteiger charge is -1.94. The van der Waals surface area contributed by atoms with Crippen molar-refractivity contribution in [2.75, 3.05) is 0 Å². The third kappa shape index (κ3) is 0.857. The number of H-pyrrole nitrogens is 1. The minimum atomic E-state index is -0.0862. The maximum absolute atomic E-state index is 13.5. The molecule has 0 bridgehead atoms. The van der Waals surface area contributed by atoms with E-state index >= 15 is 0 Å². The van der Waals surface area contributed by atoms with E-state index in [0.29, 0.717) is 0 Å². The van der Waals surface area contributed by atoms with E-state index in [9.17, 15) is 4.39 Å². The predicted molar refractivity (Wildman–Crippen MR) is 50.3 cm³/mol. The summed E-state index contributed by atoms with van der Waals surface area (Å²) in [6, 6.07) is 5.23. The van der Waals surface area contributed by atoms with Gasteiger partial charge in [-0.1, -0.05) is 6.07 Å². The summed E-state index contributed by atoms with van der Waals surface area (Å²) in [4.78, 5) is 3.28. The molecule has 66 valence electrons. The van der Waals surface area contributed by atoms with E-state index in [2.05, 4.69) is 4.98 Å². The van der Waals surface area contributed by atoms with Crippen molar-refractivity contribution in [1.29, 1.82) is 0 Å². The molecule has 3 rings (SSSR count). The SMILES string of the molecule is Fc1cccc2[nH]c3c(c12)CCC3. The van der Waals surface area contributed by atoms with E-state index in [-0.39, 0.29) is 5.82 Å². The van der Waals surface area contributed by atoms with Crippen LogP contribution < -0.4 is 0 Å². The van der Waals surface area contributed by atoms with E-state index in [1.165, 1.54) is 17.3 Å². The Morgan fingerprint density at radius 3 is 3.08 bits per heavy atom. The van der Waals surface area contributed by atoms with Crippen molar-refractivity contribution < 1.29 is 4.39 Å². The Hall–Kier alpha value is -1.31. The summed E-state index contributed by atoms with van der Waals surface area (Å²) >= 11 is 0. The summed E-state index contributed by atoms with van der Waals surface area (Å²) in [7, 11) is 0. The van der Waals surface area contributed by atoms with Crippen LogP contribution in [0, 0.1) is 5.82 Å². The van der Waals surface area contributed by atoms with Crippen molar-refractivity contribution in [2.24, 2.45) is 0 Å². The van der Waals surface area contributed by atoms with Gasteiger partial charge in [-0.2, -0.15) is 0 Å². The molecule has 1 aliphatic carbocycles. The Balaban J connectivity index is 2.46. The number of hydrogen-bond acceptors (Lipinski definition) is 0. The molecule has 1 aromatic carbocycles. The summed E-state index contributed by atoms with van der Waals surface area (Å²) in [6.45, 7) is 0. The number of aromatic nitrogens is 1. The van der Waals surface area contributed by atoms with E-state index in [4.69, 9.17) is 0 Å². The maximum atomic E-state index is 13.5. The van der Waals surface area contributed by atoms with Crippen LogP contribution in [0.4, 0.5) is 4.39 Å². The van der Waals surface area contributed by atoms with Crippen LogP contribution in [0.2, 0.25) is 0 Å². The van der Waals surface area contributed by atoms with Crippen LogP contribution in [-0.2, 0) is 12.8 Å². The summed E-state index contributed by atoms with van der Waals surface area (Å²) in [5.74, 6) is -0.0862. The fraction of sp³-hybridized carbons (Fsp3) is 0.273. The molecule has 0 saturated carbocycles. The fourth-order valence-electron chi connectivity index (χ4n) is 2.26. The molecule has 0 atom stereocenters. The number of benzene rings is 1. The van der Waals surface area contributed by atoms with Crippen LogP contribution in [0.5, 0.6) is 0 Å². The van der Waals surface area contributed by atoms with Crippen molar-refractivity contribution in [3.63, 3.8) is 0 Å². The first-order chi connectivity index (χ1) is 6.36. The molecule has 1 nitrogen and oxygen atoms in total. The molecule has 0 fully saturated rings. The molecule has 2 aromatic rings. The molecular weight excluding hydrogens is 165 g/mol. The van der Waals surface area contributed by atoms with E-state index in [0.717, 1.165) is 30.2 Å². The highest BCUT2D eigenvalue weighted by Gasteiger charge is 2.18.